The molecule has 0 amide bonds. The summed E-state index contributed by atoms with van der Waals surface area (Å²) >= 11 is 0. The van der Waals surface area contributed by atoms with E-state index >= 15 is 0 Å². The second-order valence-electron chi connectivity index (χ2n) is 1.67. The van der Waals surface area contributed by atoms with Crippen LogP contribution >= 0.6 is 0 Å². The quantitative estimate of drug-likeness (QED) is 0.608. The molecule has 0 saturated carbocycles. The highest BCUT2D eigenvalue weighted by Gasteiger charge is 1.94. The maximum atomic E-state index is 4.86. The standard InChI is InChI=1S/C7H8NO2/c1-9-6-3-7(10-2)5-8-4-6/h4-5H,1-2H3. The summed E-state index contributed by atoms with van der Waals surface area (Å²) in [5.41, 5.74) is 0. The molecule has 0 spiro atoms. The van der Waals surface area contributed by atoms with Crippen LogP contribution < -0.4 is 9.47 Å². The summed E-state index contributed by atoms with van der Waals surface area (Å²) in [6.45, 7) is 0. The fraction of sp³-hybridized carbons (Fsp3) is 0.286. The number of methoxy groups -OCH3 is 2. The molecule has 10 heavy (non-hydrogen) atoms. The third-order valence-corrected chi connectivity index (χ3v) is 1.07. The Morgan fingerprint density at radius 1 is 1.20 bits per heavy atom. The molecule has 3 heteroatoms. The van der Waals surface area contributed by atoms with Gasteiger partial charge in [-0.3, -0.25) is 4.98 Å². The zero-order chi connectivity index (χ0) is 7.40. The maximum Gasteiger partial charge on any atom is 0.148 e. The van der Waals surface area contributed by atoms with Gasteiger partial charge in [0.15, 0.2) is 0 Å². The van der Waals surface area contributed by atoms with Gasteiger partial charge in [0.1, 0.15) is 11.5 Å². The Morgan fingerprint density at radius 3 is 2.10 bits per heavy atom. The molecule has 0 bridgehead atoms. The van der Waals surface area contributed by atoms with E-state index in [0.29, 0.717) is 11.5 Å². The smallest absolute Gasteiger partial charge is 0.148 e. The molecular formula is C7H8NO2. The van der Waals surface area contributed by atoms with Gasteiger partial charge in [0.2, 0.25) is 0 Å². The summed E-state index contributed by atoms with van der Waals surface area (Å²) in [6.07, 6.45) is 3.14. The fourth-order valence-corrected chi connectivity index (χ4v) is 0.566. The van der Waals surface area contributed by atoms with Crippen molar-refractivity contribution in [1.82, 2.24) is 4.98 Å². The van der Waals surface area contributed by atoms with Crippen molar-refractivity contribution in [2.75, 3.05) is 14.2 Å². The van der Waals surface area contributed by atoms with E-state index in [2.05, 4.69) is 11.1 Å². The first-order chi connectivity index (χ1) is 4.86. The molecule has 53 valence electrons. The van der Waals surface area contributed by atoms with Crippen molar-refractivity contribution >= 4 is 0 Å². The van der Waals surface area contributed by atoms with E-state index in [9.17, 15) is 0 Å². The molecule has 1 aromatic rings. The van der Waals surface area contributed by atoms with Crippen LogP contribution in [-0.2, 0) is 0 Å². The van der Waals surface area contributed by atoms with Gasteiger partial charge in [-0.15, -0.1) is 0 Å². The van der Waals surface area contributed by atoms with Gasteiger partial charge >= 0.3 is 0 Å². The summed E-state index contributed by atoms with van der Waals surface area (Å²) in [4.78, 5) is 3.85. The van der Waals surface area contributed by atoms with E-state index < -0.39 is 0 Å². The van der Waals surface area contributed by atoms with Crippen LogP contribution in [0.1, 0.15) is 0 Å². The zero-order valence-corrected chi connectivity index (χ0v) is 5.92. The Bertz CT molecular complexity index is 193. The summed E-state index contributed by atoms with van der Waals surface area (Å²) in [5, 5.41) is 0. The highest BCUT2D eigenvalue weighted by molar-refractivity contribution is 5.25. The molecule has 0 saturated heterocycles. The first-order valence-corrected chi connectivity index (χ1v) is 2.82. The van der Waals surface area contributed by atoms with Gasteiger partial charge in [-0.05, 0) is 0 Å². The average Bonchev–Trinajstić information content (AvgIpc) is 2.05. The average molecular weight is 138 g/mol. The van der Waals surface area contributed by atoms with Crippen molar-refractivity contribution in [3.05, 3.63) is 18.5 Å². The van der Waals surface area contributed by atoms with Crippen LogP contribution in [0.5, 0.6) is 11.5 Å². The topological polar surface area (TPSA) is 31.4 Å². The van der Waals surface area contributed by atoms with E-state index in [-0.39, 0.29) is 0 Å². The van der Waals surface area contributed by atoms with Crippen LogP contribution in [0.25, 0.3) is 0 Å². The molecule has 3 nitrogen and oxygen atoms in total. The van der Waals surface area contributed by atoms with E-state index in [1.165, 1.54) is 0 Å². The number of ether oxygens (including phenoxy) is 2. The van der Waals surface area contributed by atoms with Gasteiger partial charge < -0.3 is 9.47 Å². The van der Waals surface area contributed by atoms with Crippen LogP contribution in [-0.4, -0.2) is 19.2 Å². The Morgan fingerprint density at radius 2 is 1.70 bits per heavy atom. The fourth-order valence-electron chi connectivity index (χ4n) is 0.566. The molecule has 0 aliphatic carbocycles. The number of pyridine rings is 1. The molecule has 1 radical (unpaired) electrons. The lowest BCUT2D eigenvalue weighted by molar-refractivity contribution is 0.389. The molecule has 0 unspecified atom stereocenters. The molecule has 0 aliphatic heterocycles. The summed E-state index contributed by atoms with van der Waals surface area (Å²) < 4.78 is 9.72. The minimum atomic E-state index is 0.583. The molecule has 0 aromatic carbocycles. The maximum absolute atomic E-state index is 4.86. The Kier molecular flexibility index (Phi) is 2.10. The van der Waals surface area contributed by atoms with E-state index in [1.807, 2.05) is 0 Å². The largest absolute Gasteiger partial charge is 0.494 e. The SMILES string of the molecule is COc1[c]c(OC)cnc1. The van der Waals surface area contributed by atoms with Crippen LogP contribution in [0.4, 0.5) is 0 Å². The van der Waals surface area contributed by atoms with Crippen molar-refractivity contribution in [2.45, 2.75) is 0 Å². The zero-order valence-electron chi connectivity index (χ0n) is 5.92. The van der Waals surface area contributed by atoms with Crippen LogP contribution in [0.15, 0.2) is 12.4 Å². The number of rotatable bonds is 2. The van der Waals surface area contributed by atoms with Crippen molar-refractivity contribution in [1.29, 1.82) is 0 Å². The molecule has 1 rings (SSSR count). The molecule has 1 heterocycles. The van der Waals surface area contributed by atoms with Gasteiger partial charge in [-0.25, -0.2) is 0 Å². The lowest BCUT2D eigenvalue weighted by Crippen LogP contribution is -1.87. The van der Waals surface area contributed by atoms with Crippen LogP contribution in [0.3, 0.4) is 0 Å². The summed E-state index contributed by atoms with van der Waals surface area (Å²) in [5.74, 6) is 1.17. The van der Waals surface area contributed by atoms with Crippen LogP contribution in [0, 0.1) is 6.07 Å². The number of hydrogen-bond donors (Lipinski definition) is 0. The minimum absolute atomic E-state index is 0.583. The van der Waals surface area contributed by atoms with Crippen molar-refractivity contribution in [3.63, 3.8) is 0 Å². The predicted molar refractivity (Wildman–Crippen MR) is 36.2 cm³/mol. The molecule has 0 fully saturated rings. The minimum Gasteiger partial charge on any atom is -0.494 e. The third-order valence-electron chi connectivity index (χ3n) is 1.07. The van der Waals surface area contributed by atoms with E-state index in [0.717, 1.165) is 0 Å². The molecule has 0 atom stereocenters. The highest BCUT2D eigenvalue weighted by Crippen LogP contribution is 2.14. The second-order valence-corrected chi connectivity index (χ2v) is 1.67. The highest BCUT2D eigenvalue weighted by atomic mass is 16.5. The van der Waals surface area contributed by atoms with Gasteiger partial charge in [-0.2, -0.15) is 0 Å². The van der Waals surface area contributed by atoms with E-state index in [1.54, 1.807) is 26.6 Å². The number of nitrogens with zero attached hydrogens (tertiary/aromatic N) is 1. The van der Waals surface area contributed by atoms with Crippen molar-refractivity contribution in [2.24, 2.45) is 0 Å². The molecule has 0 aliphatic rings. The lowest BCUT2D eigenvalue weighted by Gasteiger charge is -1.99. The van der Waals surface area contributed by atoms with Gasteiger partial charge in [0.05, 0.1) is 32.7 Å². The van der Waals surface area contributed by atoms with Crippen molar-refractivity contribution in [3.8, 4) is 11.5 Å². The summed E-state index contributed by atoms with van der Waals surface area (Å²) in [7, 11) is 3.12. The molecule has 1 aromatic heterocycles. The summed E-state index contributed by atoms with van der Waals surface area (Å²) in [6, 6.07) is 2.84. The Labute approximate surface area is 59.6 Å². The first-order valence-electron chi connectivity index (χ1n) is 2.82. The number of aromatic nitrogens is 1. The van der Waals surface area contributed by atoms with Crippen LogP contribution in [0.2, 0.25) is 0 Å². The molecular weight excluding hydrogens is 130 g/mol. The number of hydrogen-bond acceptors (Lipinski definition) is 3. The van der Waals surface area contributed by atoms with Gasteiger partial charge in [0, 0.05) is 0 Å². The van der Waals surface area contributed by atoms with Crippen molar-refractivity contribution < 1.29 is 9.47 Å². The monoisotopic (exact) mass is 138 g/mol. The first kappa shape index (κ1) is 6.86. The van der Waals surface area contributed by atoms with E-state index in [4.69, 9.17) is 9.47 Å². The third kappa shape index (κ3) is 1.37. The lowest BCUT2D eigenvalue weighted by atomic mass is 10.4. The Hall–Kier alpha value is -1.25. The molecule has 0 N–H and O–H groups in total. The predicted octanol–water partition coefficient (Wildman–Crippen LogP) is 0.899. The Balaban J connectivity index is 2.87. The van der Waals surface area contributed by atoms with Gasteiger partial charge in [-0.1, -0.05) is 0 Å². The normalized spacial score (nSPS) is 9.00. The second kappa shape index (κ2) is 3.06. The van der Waals surface area contributed by atoms with Gasteiger partial charge in [0.25, 0.3) is 0 Å².